The molecule has 18 heavy (non-hydrogen) atoms. The monoisotopic (exact) mass is 244 g/mol. The molecule has 1 aromatic heterocycles. The number of nitrogens with one attached hydrogen (secondary N) is 1. The second kappa shape index (κ2) is 5.01. The van der Waals surface area contributed by atoms with Gasteiger partial charge < -0.3 is 11.1 Å². The van der Waals surface area contributed by atoms with Gasteiger partial charge in [-0.1, -0.05) is 30.3 Å². The zero-order valence-corrected chi connectivity index (χ0v) is 10.4. The number of carbonyl (C=O) groups excluding carboxylic acids is 1. The lowest BCUT2D eigenvalue weighted by molar-refractivity contribution is -0.117. The summed E-state index contributed by atoms with van der Waals surface area (Å²) < 4.78 is 1.65. The Balaban J connectivity index is 2.11. The van der Waals surface area contributed by atoms with Gasteiger partial charge in [-0.05, 0) is 12.5 Å². The number of carbonyl (C=O) groups is 1. The second-order valence-corrected chi connectivity index (χ2v) is 4.18. The summed E-state index contributed by atoms with van der Waals surface area (Å²) in [6.07, 6.45) is 1.75. The van der Waals surface area contributed by atoms with E-state index in [1.807, 2.05) is 37.3 Å². The van der Waals surface area contributed by atoms with Crippen molar-refractivity contribution in [2.45, 2.75) is 13.0 Å². The van der Waals surface area contributed by atoms with Gasteiger partial charge in [0, 0.05) is 13.2 Å². The predicted octanol–water partition coefficient (Wildman–Crippen LogP) is 1.37. The molecule has 0 aliphatic heterocycles. The van der Waals surface area contributed by atoms with E-state index in [4.69, 9.17) is 5.73 Å². The van der Waals surface area contributed by atoms with Crippen LogP contribution in [0.25, 0.3) is 0 Å². The fourth-order valence-electron chi connectivity index (χ4n) is 1.74. The standard InChI is InChI=1S/C13H16N4O/c1-9-11(8-17(2)16-9)15-13(18)12(14)10-6-4-3-5-7-10/h3-8,12H,14H2,1-2H3,(H,15,18)/t12-/m1/s1. The van der Waals surface area contributed by atoms with Gasteiger partial charge in [-0.15, -0.1) is 0 Å². The van der Waals surface area contributed by atoms with Crippen LogP contribution in [-0.4, -0.2) is 15.7 Å². The van der Waals surface area contributed by atoms with Crippen LogP contribution in [0.1, 0.15) is 17.3 Å². The van der Waals surface area contributed by atoms with Crippen LogP contribution in [-0.2, 0) is 11.8 Å². The summed E-state index contributed by atoms with van der Waals surface area (Å²) in [5.74, 6) is -0.239. The smallest absolute Gasteiger partial charge is 0.245 e. The van der Waals surface area contributed by atoms with Crippen LogP contribution in [0.3, 0.4) is 0 Å². The molecular weight excluding hydrogens is 228 g/mol. The number of anilines is 1. The minimum atomic E-state index is -0.675. The molecule has 0 aliphatic carbocycles. The Morgan fingerprint density at radius 1 is 1.39 bits per heavy atom. The normalized spacial score (nSPS) is 12.2. The average Bonchev–Trinajstić information content (AvgIpc) is 2.68. The Kier molecular flexibility index (Phi) is 3.43. The molecule has 0 saturated heterocycles. The lowest BCUT2D eigenvalue weighted by Gasteiger charge is -2.11. The molecule has 2 rings (SSSR count). The van der Waals surface area contributed by atoms with Gasteiger partial charge in [0.2, 0.25) is 5.91 Å². The fourth-order valence-corrected chi connectivity index (χ4v) is 1.74. The quantitative estimate of drug-likeness (QED) is 0.856. The van der Waals surface area contributed by atoms with E-state index < -0.39 is 6.04 Å². The van der Waals surface area contributed by atoms with E-state index in [9.17, 15) is 4.79 Å². The Bertz CT molecular complexity index is 547. The lowest BCUT2D eigenvalue weighted by Crippen LogP contribution is -2.27. The summed E-state index contributed by atoms with van der Waals surface area (Å²) in [5.41, 5.74) is 8.15. The molecule has 1 amide bonds. The number of hydrogen-bond donors (Lipinski definition) is 2. The second-order valence-electron chi connectivity index (χ2n) is 4.18. The van der Waals surface area contributed by atoms with Crippen molar-refractivity contribution < 1.29 is 4.79 Å². The summed E-state index contributed by atoms with van der Waals surface area (Å²) in [5, 5.41) is 6.94. The summed E-state index contributed by atoms with van der Waals surface area (Å²) in [7, 11) is 1.81. The molecular formula is C13H16N4O. The summed E-state index contributed by atoms with van der Waals surface area (Å²) in [6, 6.07) is 8.60. The first-order valence-corrected chi connectivity index (χ1v) is 5.69. The molecule has 94 valence electrons. The van der Waals surface area contributed by atoms with Gasteiger partial charge in [-0.25, -0.2) is 0 Å². The Hall–Kier alpha value is -2.14. The third-order valence-electron chi connectivity index (χ3n) is 2.71. The largest absolute Gasteiger partial charge is 0.322 e. The Morgan fingerprint density at radius 3 is 2.61 bits per heavy atom. The highest BCUT2D eigenvalue weighted by molar-refractivity contribution is 5.95. The maximum Gasteiger partial charge on any atom is 0.245 e. The van der Waals surface area contributed by atoms with Crippen molar-refractivity contribution in [3.63, 3.8) is 0 Å². The highest BCUT2D eigenvalue weighted by Gasteiger charge is 2.17. The van der Waals surface area contributed by atoms with Crippen molar-refractivity contribution in [1.29, 1.82) is 0 Å². The highest BCUT2D eigenvalue weighted by atomic mass is 16.2. The van der Waals surface area contributed by atoms with Crippen molar-refractivity contribution in [2.24, 2.45) is 12.8 Å². The van der Waals surface area contributed by atoms with Crippen LogP contribution >= 0.6 is 0 Å². The number of aromatic nitrogens is 2. The predicted molar refractivity (Wildman–Crippen MR) is 69.9 cm³/mol. The highest BCUT2D eigenvalue weighted by Crippen LogP contribution is 2.15. The van der Waals surface area contributed by atoms with Gasteiger partial charge in [0.1, 0.15) is 6.04 Å². The number of amides is 1. The van der Waals surface area contributed by atoms with Crippen LogP contribution < -0.4 is 11.1 Å². The van der Waals surface area contributed by atoms with Crippen LogP contribution in [0.5, 0.6) is 0 Å². The van der Waals surface area contributed by atoms with Gasteiger partial charge in [0.15, 0.2) is 0 Å². The molecule has 1 atom stereocenters. The zero-order chi connectivity index (χ0) is 13.1. The lowest BCUT2D eigenvalue weighted by atomic mass is 10.1. The molecule has 5 nitrogen and oxygen atoms in total. The molecule has 0 aliphatic rings. The Morgan fingerprint density at radius 2 is 2.06 bits per heavy atom. The number of rotatable bonds is 3. The molecule has 2 aromatic rings. The first kappa shape index (κ1) is 12.3. The molecule has 1 heterocycles. The van der Waals surface area contributed by atoms with Crippen LogP contribution in [0.2, 0.25) is 0 Å². The molecule has 3 N–H and O–H groups in total. The average molecular weight is 244 g/mol. The molecule has 0 spiro atoms. The number of nitrogens with two attached hydrogens (primary N) is 1. The number of hydrogen-bond acceptors (Lipinski definition) is 3. The van der Waals surface area contributed by atoms with Crippen molar-refractivity contribution in [1.82, 2.24) is 9.78 Å². The van der Waals surface area contributed by atoms with E-state index in [0.717, 1.165) is 11.3 Å². The Labute approximate surface area is 106 Å². The van der Waals surface area contributed by atoms with Crippen molar-refractivity contribution in [3.05, 3.63) is 47.8 Å². The van der Waals surface area contributed by atoms with Crippen molar-refractivity contribution in [2.75, 3.05) is 5.32 Å². The number of benzene rings is 1. The maximum atomic E-state index is 12.0. The van der Waals surface area contributed by atoms with Crippen molar-refractivity contribution >= 4 is 11.6 Å². The molecule has 0 radical (unpaired) electrons. The molecule has 0 saturated carbocycles. The topological polar surface area (TPSA) is 72.9 Å². The van der Waals surface area contributed by atoms with E-state index in [1.165, 1.54) is 0 Å². The van der Waals surface area contributed by atoms with Gasteiger partial charge in [-0.3, -0.25) is 9.48 Å². The van der Waals surface area contributed by atoms with Gasteiger partial charge >= 0.3 is 0 Å². The van der Waals surface area contributed by atoms with E-state index in [0.29, 0.717) is 5.69 Å². The summed E-state index contributed by atoms with van der Waals surface area (Å²) >= 11 is 0. The van der Waals surface area contributed by atoms with Crippen LogP contribution in [0.4, 0.5) is 5.69 Å². The number of aryl methyl sites for hydroxylation is 2. The molecule has 0 bridgehead atoms. The molecule has 0 fully saturated rings. The maximum absolute atomic E-state index is 12.0. The first-order chi connectivity index (χ1) is 8.58. The molecule has 5 heteroatoms. The molecule has 1 aromatic carbocycles. The van der Waals surface area contributed by atoms with Crippen LogP contribution in [0, 0.1) is 6.92 Å². The van der Waals surface area contributed by atoms with Crippen LogP contribution in [0.15, 0.2) is 36.5 Å². The SMILES string of the molecule is Cc1nn(C)cc1NC(=O)[C@H](N)c1ccccc1. The minimum absolute atomic E-state index is 0.239. The van der Waals surface area contributed by atoms with Gasteiger partial charge in [0.05, 0.1) is 11.4 Å². The van der Waals surface area contributed by atoms with E-state index >= 15 is 0 Å². The summed E-state index contributed by atoms with van der Waals surface area (Å²) in [4.78, 5) is 12.0. The van der Waals surface area contributed by atoms with Crippen molar-refractivity contribution in [3.8, 4) is 0 Å². The third kappa shape index (κ3) is 2.57. The van der Waals surface area contributed by atoms with E-state index in [2.05, 4.69) is 10.4 Å². The van der Waals surface area contributed by atoms with E-state index in [1.54, 1.807) is 17.9 Å². The zero-order valence-electron chi connectivity index (χ0n) is 10.4. The number of nitrogens with zero attached hydrogens (tertiary/aromatic N) is 2. The summed E-state index contributed by atoms with van der Waals surface area (Å²) in [6.45, 7) is 1.84. The first-order valence-electron chi connectivity index (χ1n) is 5.69. The van der Waals surface area contributed by atoms with E-state index in [-0.39, 0.29) is 5.91 Å². The third-order valence-corrected chi connectivity index (χ3v) is 2.71. The molecule has 0 unspecified atom stereocenters. The fraction of sp³-hybridized carbons (Fsp3) is 0.231. The van der Waals surface area contributed by atoms with Gasteiger partial charge in [-0.2, -0.15) is 5.10 Å². The van der Waals surface area contributed by atoms with Gasteiger partial charge in [0.25, 0.3) is 0 Å². The minimum Gasteiger partial charge on any atom is -0.322 e.